The second kappa shape index (κ2) is 5.81. The molecule has 0 aliphatic carbocycles. The van der Waals surface area contributed by atoms with Gasteiger partial charge in [-0.3, -0.25) is 4.98 Å². The number of aryl methyl sites for hydroxylation is 1. The SMILES string of the molecule is CNC(c1cnccc1C(F)(F)F)c1cccc(C)c1F. The molecule has 1 N–H and O–H groups in total. The maximum Gasteiger partial charge on any atom is 0.416 e. The minimum absolute atomic E-state index is 0.1000. The molecule has 0 fully saturated rings. The summed E-state index contributed by atoms with van der Waals surface area (Å²) in [5.41, 5.74) is -0.379. The molecule has 6 heteroatoms. The van der Waals surface area contributed by atoms with Gasteiger partial charge in [0.15, 0.2) is 0 Å². The van der Waals surface area contributed by atoms with Gasteiger partial charge >= 0.3 is 6.18 Å². The van der Waals surface area contributed by atoms with Gasteiger partial charge in [0.25, 0.3) is 0 Å². The summed E-state index contributed by atoms with van der Waals surface area (Å²) in [6.45, 7) is 1.57. The average molecular weight is 298 g/mol. The monoisotopic (exact) mass is 298 g/mol. The van der Waals surface area contributed by atoms with E-state index in [-0.39, 0.29) is 11.1 Å². The third-order valence-corrected chi connectivity index (χ3v) is 3.29. The minimum atomic E-state index is -4.52. The summed E-state index contributed by atoms with van der Waals surface area (Å²) in [7, 11) is 1.49. The number of aromatic nitrogens is 1. The van der Waals surface area contributed by atoms with Gasteiger partial charge < -0.3 is 5.32 Å². The third kappa shape index (κ3) is 3.05. The lowest BCUT2D eigenvalue weighted by Crippen LogP contribution is -2.23. The highest BCUT2D eigenvalue weighted by Gasteiger charge is 2.35. The van der Waals surface area contributed by atoms with Crippen molar-refractivity contribution in [2.45, 2.75) is 19.1 Å². The zero-order valence-corrected chi connectivity index (χ0v) is 11.5. The quantitative estimate of drug-likeness (QED) is 0.870. The minimum Gasteiger partial charge on any atom is -0.309 e. The van der Waals surface area contributed by atoms with Crippen LogP contribution in [0, 0.1) is 12.7 Å². The molecule has 1 unspecified atom stereocenters. The van der Waals surface area contributed by atoms with Crippen LogP contribution in [0.2, 0.25) is 0 Å². The van der Waals surface area contributed by atoms with Crippen LogP contribution in [0.1, 0.15) is 28.3 Å². The molecule has 0 aliphatic heterocycles. The van der Waals surface area contributed by atoms with E-state index >= 15 is 0 Å². The highest BCUT2D eigenvalue weighted by molar-refractivity contribution is 5.39. The van der Waals surface area contributed by atoms with Crippen LogP contribution in [0.15, 0.2) is 36.7 Å². The fraction of sp³-hybridized carbons (Fsp3) is 0.267. The number of halogens is 4. The van der Waals surface area contributed by atoms with Crippen molar-refractivity contribution in [2.24, 2.45) is 0 Å². The molecular weight excluding hydrogens is 284 g/mol. The lowest BCUT2D eigenvalue weighted by atomic mass is 9.94. The van der Waals surface area contributed by atoms with Gasteiger partial charge in [0, 0.05) is 23.5 Å². The summed E-state index contributed by atoms with van der Waals surface area (Å²) in [6, 6.07) is 4.63. The number of benzene rings is 1. The second-order valence-corrected chi connectivity index (χ2v) is 4.66. The Hall–Kier alpha value is -1.95. The van der Waals surface area contributed by atoms with E-state index in [4.69, 9.17) is 0 Å². The van der Waals surface area contributed by atoms with E-state index < -0.39 is 23.6 Å². The summed E-state index contributed by atoms with van der Waals surface area (Å²) in [6.07, 6.45) is -2.33. The summed E-state index contributed by atoms with van der Waals surface area (Å²) >= 11 is 0. The molecule has 1 atom stereocenters. The van der Waals surface area contributed by atoms with Crippen molar-refractivity contribution in [3.63, 3.8) is 0 Å². The molecule has 0 saturated carbocycles. The number of pyridine rings is 1. The maximum absolute atomic E-state index is 14.2. The molecule has 112 valence electrons. The van der Waals surface area contributed by atoms with E-state index in [0.717, 1.165) is 18.5 Å². The molecule has 1 aromatic carbocycles. The average Bonchev–Trinajstić information content (AvgIpc) is 2.44. The van der Waals surface area contributed by atoms with Crippen molar-refractivity contribution >= 4 is 0 Å². The van der Waals surface area contributed by atoms with Gasteiger partial charge in [0.05, 0.1) is 11.6 Å². The Labute approximate surface area is 119 Å². The van der Waals surface area contributed by atoms with Crippen LogP contribution in [0.3, 0.4) is 0 Å². The predicted octanol–water partition coefficient (Wildman–Crippen LogP) is 3.86. The lowest BCUT2D eigenvalue weighted by Gasteiger charge is -2.22. The Morgan fingerprint density at radius 1 is 1.14 bits per heavy atom. The summed E-state index contributed by atoms with van der Waals surface area (Å²) in [5.74, 6) is -0.520. The third-order valence-electron chi connectivity index (χ3n) is 3.29. The Bertz CT molecular complexity index is 638. The Morgan fingerprint density at radius 3 is 2.48 bits per heavy atom. The zero-order valence-electron chi connectivity index (χ0n) is 11.5. The molecule has 2 aromatic rings. The lowest BCUT2D eigenvalue weighted by molar-refractivity contribution is -0.138. The van der Waals surface area contributed by atoms with Gasteiger partial charge in [0.1, 0.15) is 5.82 Å². The summed E-state index contributed by atoms with van der Waals surface area (Å²) in [4.78, 5) is 3.74. The van der Waals surface area contributed by atoms with Crippen LogP contribution in [0.5, 0.6) is 0 Å². The van der Waals surface area contributed by atoms with Gasteiger partial charge in [0.2, 0.25) is 0 Å². The van der Waals surface area contributed by atoms with E-state index in [1.807, 2.05) is 0 Å². The van der Waals surface area contributed by atoms with Crippen molar-refractivity contribution in [1.29, 1.82) is 0 Å². The first-order valence-electron chi connectivity index (χ1n) is 6.29. The highest BCUT2D eigenvalue weighted by atomic mass is 19.4. The molecule has 0 saturated heterocycles. The number of hydrogen-bond acceptors (Lipinski definition) is 2. The normalized spacial score (nSPS) is 13.2. The Balaban J connectivity index is 2.60. The number of alkyl halides is 3. The Kier molecular flexibility index (Phi) is 4.27. The number of hydrogen-bond donors (Lipinski definition) is 1. The van der Waals surface area contributed by atoms with Crippen LogP contribution in [-0.2, 0) is 6.18 Å². The Morgan fingerprint density at radius 2 is 1.86 bits per heavy atom. The summed E-state index contributed by atoms with van der Waals surface area (Å²) in [5, 5.41) is 2.74. The highest BCUT2D eigenvalue weighted by Crippen LogP contribution is 2.36. The van der Waals surface area contributed by atoms with Gasteiger partial charge in [-0.05, 0) is 25.6 Å². The molecule has 0 amide bonds. The molecule has 0 spiro atoms. The standard InChI is InChI=1S/C15H14F4N2/c1-9-4-3-5-10(13(9)16)14(20-2)11-8-21-7-6-12(11)15(17,18)19/h3-8,14,20H,1-2H3. The van der Waals surface area contributed by atoms with Gasteiger partial charge in [-0.2, -0.15) is 13.2 Å². The van der Waals surface area contributed by atoms with Crippen LogP contribution < -0.4 is 5.32 Å². The van der Waals surface area contributed by atoms with E-state index in [1.54, 1.807) is 19.1 Å². The van der Waals surface area contributed by atoms with Crippen LogP contribution in [0.25, 0.3) is 0 Å². The van der Waals surface area contributed by atoms with Crippen molar-refractivity contribution in [2.75, 3.05) is 7.05 Å². The smallest absolute Gasteiger partial charge is 0.309 e. The summed E-state index contributed by atoms with van der Waals surface area (Å²) < 4.78 is 53.5. The molecule has 0 aliphatic rings. The number of nitrogens with zero attached hydrogens (tertiary/aromatic N) is 1. The molecular formula is C15H14F4N2. The van der Waals surface area contributed by atoms with Gasteiger partial charge in [-0.1, -0.05) is 18.2 Å². The molecule has 21 heavy (non-hydrogen) atoms. The van der Waals surface area contributed by atoms with Crippen molar-refractivity contribution < 1.29 is 17.6 Å². The molecule has 2 nitrogen and oxygen atoms in total. The first kappa shape index (κ1) is 15.4. The first-order valence-corrected chi connectivity index (χ1v) is 6.29. The second-order valence-electron chi connectivity index (χ2n) is 4.66. The fourth-order valence-electron chi connectivity index (χ4n) is 2.27. The van der Waals surface area contributed by atoms with Gasteiger partial charge in [-0.25, -0.2) is 4.39 Å². The zero-order chi connectivity index (χ0) is 15.6. The van der Waals surface area contributed by atoms with E-state index in [2.05, 4.69) is 10.3 Å². The van der Waals surface area contributed by atoms with Crippen LogP contribution in [0.4, 0.5) is 17.6 Å². The van der Waals surface area contributed by atoms with Crippen molar-refractivity contribution in [3.8, 4) is 0 Å². The molecule has 0 radical (unpaired) electrons. The number of rotatable bonds is 3. The fourth-order valence-corrected chi connectivity index (χ4v) is 2.27. The number of nitrogens with one attached hydrogen (secondary N) is 1. The molecule has 0 bridgehead atoms. The van der Waals surface area contributed by atoms with Crippen molar-refractivity contribution in [3.05, 3.63) is 64.7 Å². The van der Waals surface area contributed by atoms with Crippen LogP contribution >= 0.6 is 0 Å². The predicted molar refractivity (Wildman–Crippen MR) is 71.3 cm³/mol. The molecule has 1 aromatic heterocycles. The maximum atomic E-state index is 14.2. The topological polar surface area (TPSA) is 24.9 Å². The molecule has 2 rings (SSSR count). The van der Waals surface area contributed by atoms with E-state index in [0.29, 0.717) is 5.56 Å². The molecule has 1 heterocycles. The van der Waals surface area contributed by atoms with Crippen LogP contribution in [-0.4, -0.2) is 12.0 Å². The van der Waals surface area contributed by atoms with E-state index in [1.165, 1.54) is 13.1 Å². The van der Waals surface area contributed by atoms with Crippen molar-refractivity contribution in [1.82, 2.24) is 10.3 Å². The van der Waals surface area contributed by atoms with E-state index in [9.17, 15) is 17.6 Å². The van der Waals surface area contributed by atoms with Gasteiger partial charge in [-0.15, -0.1) is 0 Å². The first-order chi connectivity index (χ1) is 9.86. The largest absolute Gasteiger partial charge is 0.416 e.